The standard InChI is InChI=1S/C23H26N4O2S/c1-17-9-14-27(15-10-17)21-23(26-13-12-24-21)29-19-6-4-18(5-7-19)22(28)25-11-8-20-3-2-16-30-20/h2-7,12-13,16-17H,8-11,14-15H2,1H3,(H,25,28). The molecule has 1 aliphatic rings. The van der Waals surface area contributed by atoms with Gasteiger partial charge in [0.25, 0.3) is 11.8 Å². The molecule has 0 aliphatic carbocycles. The third-order valence-corrected chi connectivity index (χ3v) is 6.23. The fraction of sp³-hybridized carbons (Fsp3) is 0.348. The van der Waals surface area contributed by atoms with Gasteiger partial charge in [-0.05, 0) is 60.9 Å². The summed E-state index contributed by atoms with van der Waals surface area (Å²) in [6, 6.07) is 11.2. The molecule has 6 nitrogen and oxygen atoms in total. The number of anilines is 1. The maximum atomic E-state index is 12.4. The van der Waals surface area contributed by atoms with E-state index in [9.17, 15) is 4.79 Å². The van der Waals surface area contributed by atoms with Crippen molar-refractivity contribution in [3.05, 3.63) is 64.6 Å². The van der Waals surface area contributed by atoms with Gasteiger partial charge in [0.05, 0.1) is 0 Å². The number of ether oxygens (including phenoxy) is 1. The summed E-state index contributed by atoms with van der Waals surface area (Å²) in [4.78, 5) is 24.7. The van der Waals surface area contributed by atoms with Crippen LogP contribution in [0.3, 0.4) is 0 Å². The lowest BCUT2D eigenvalue weighted by Gasteiger charge is -2.31. The molecule has 1 N–H and O–H groups in total. The van der Waals surface area contributed by atoms with Crippen LogP contribution in [0.15, 0.2) is 54.2 Å². The predicted octanol–water partition coefficient (Wildman–Crippen LogP) is 4.54. The number of nitrogens with one attached hydrogen (secondary N) is 1. The van der Waals surface area contributed by atoms with Crippen LogP contribution in [0.5, 0.6) is 11.6 Å². The molecule has 0 atom stereocenters. The molecule has 1 fully saturated rings. The zero-order chi connectivity index (χ0) is 20.8. The number of carbonyl (C=O) groups is 1. The summed E-state index contributed by atoms with van der Waals surface area (Å²) in [7, 11) is 0. The minimum absolute atomic E-state index is 0.0827. The van der Waals surface area contributed by atoms with Crippen molar-refractivity contribution < 1.29 is 9.53 Å². The Balaban J connectivity index is 1.36. The van der Waals surface area contributed by atoms with E-state index in [1.165, 1.54) is 4.88 Å². The van der Waals surface area contributed by atoms with E-state index in [1.54, 1.807) is 48.0 Å². The van der Waals surface area contributed by atoms with Crippen molar-refractivity contribution >= 4 is 23.1 Å². The van der Waals surface area contributed by atoms with E-state index in [1.807, 2.05) is 11.4 Å². The lowest BCUT2D eigenvalue weighted by molar-refractivity contribution is 0.0954. The molecule has 1 aliphatic heterocycles. The summed E-state index contributed by atoms with van der Waals surface area (Å²) in [5.41, 5.74) is 0.609. The number of benzene rings is 1. The molecular formula is C23H26N4O2S. The molecule has 30 heavy (non-hydrogen) atoms. The lowest BCUT2D eigenvalue weighted by atomic mass is 9.99. The summed E-state index contributed by atoms with van der Waals surface area (Å²) < 4.78 is 6.01. The second-order valence-corrected chi connectivity index (χ2v) is 8.60. The van der Waals surface area contributed by atoms with Crippen molar-refractivity contribution in [3.63, 3.8) is 0 Å². The van der Waals surface area contributed by atoms with Crippen molar-refractivity contribution in [2.24, 2.45) is 5.92 Å². The summed E-state index contributed by atoms with van der Waals surface area (Å²) >= 11 is 1.70. The van der Waals surface area contributed by atoms with Gasteiger partial charge >= 0.3 is 0 Å². The third-order valence-electron chi connectivity index (χ3n) is 5.30. The number of nitrogens with zero attached hydrogens (tertiary/aromatic N) is 3. The average Bonchev–Trinajstić information content (AvgIpc) is 3.29. The zero-order valence-electron chi connectivity index (χ0n) is 17.1. The Kier molecular flexibility index (Phi) is 6.59. The van der Waals surface area contributed by atoms with Gasteiger partial charge in [-0.1, -0.05) is 13.0 Å². The molecule has 4 rings (SSSR count). The van der Waals surface area contributed by atoms with Gasteiger partial charge < -0.3 is 15.0 Å². The van der Waals surface area contributed by atoms with Crippen LogP contribution in [-0.4, -0.2) is 35.5 Å². The van der Waals surface area contributed by atoms with Gasteiger partial charge in [-0.2, -0.15) is 0 Å². The van der Waals surface area contributed by atoms with E-state index >= 15 is 0 Å². The number of aromatic nitrogens is 2. The average molecular weight is 423 g/mol. The monoisotopic (exact) mass is 422 g/mol. The Morgan fingerprint density at radius 1 is 1.17 bits per heavy atom. The SMILES string of the molecule is CC1CCN(c2nccnc2Oc2ccc(C(=O)NCCc3cccs3)cc2)CC1. The molecule has 0 spiro atoms. The van der Waals surface area contributed by atoms with Gasteiger partial charge in [-0.15, -0.1) is 11.3 Å². The van der Waals surface area contributed by atoms with Crippen molar-refractivity contribution in [1.29, 1.82) is 0 Å². The summed E-state index contributed by atoms with van der Waals surface area (Å²) in [6.45, 7) is 4.82. The maximum Gasteiger partial charge on any atom is 0.263 e. The molecule has 2 aromatic heterocycles. The number of piperidine rings is 1. The van der Waals surface area contributed by atoms with Crippen LogP contribution in [0.1, 0.15) is 35.0 Å². The van der Waals surface area contributed by atoms with Crippen molar-refractivity contribution in [3.8, 4) is 11.6 Å². The normalized spacial score (nSPS) is 14.5. The van der Waals surface area contributed by atoms with Crippen LogP contribution < -0.4 is 15.0 Å². The van der Waals surface area contributed by atoms with Crippen LogP contribution >= 0.6 is 11.3 Å². The fourth-order valence-electron chi connectivity index (χ4n) is 3.47. The number of thiophene rings is 1. The minimum Gasteiger partial charge on any atom is -0.436 e. The number of rotatable bonds is 7. The topological polar surface area (TPSA) is 67.3 Å². The van der Waals surface area contributed by atoms with Crippen LogP contribution in [-0.2, 0) is 6.42 Å². The Morgan fingerprint density at radius 3 is 2.67 bits per heavy atom. The molecule has 0 unspecified atom stereocenters. The van der Waals surface area contributed by atoms with Crippen molar-refractivity contribution in [2.75, 3.05) is 24.5 Å². The molecule has 1 aromatic carbocycles. The highest BCUT2D eigenvalue weighted by molar-refractivity contribution is 7.09. The molecule has 156 valence electrons. The second-order valence-electron chi connectivity index (χ2n) is 7.57. The van der Waals surface area contributed by atoms with E-state index in [0.29, 0.717) is 23.7 Å². The highest BCUT2D eigenvalue weighted by atomic mass is 32.1. The van der Waals surface area contributed by atoms with Gasteiger partial charge in [0.1, 0.15) is 5.75 Å². The molecule has 0 radical (unpaired) electrons. The smallest absolute Gasteiger partial charge is 0.263 e. The second kappa shape index (κ2) is 9.71. The van der Waals surface area contributed by atoms with E-state index in [-0.39, 0.29) is 5.91 Å². The number of hydrogen-bond donors (Lipinski definition) is 1. The molecule has 3 heterocycles. The quantitative estimate of drug-likeness (QED) is 0.605. The summed E-state index contributed by atoms with van der Waals surface area (Å²) in [5.74, 6) is 2.57. The highest BCUT2D eigenvalue weighted by Gasteiger charge is 2.21. The molecule has 7 heteroatoms. The van der Waals surface area contributed by atoms with Crippen molar-refractivity contribution in [2.45, 2.75) is 26.2 Å². The molecule has 0 saturated carbocycles. The first-order valence-corrected chi connectivity index (χ1v) is 11.2. The Labute approximate surface area is 180 Å². The Bertz CT molecular complexity index is 952. The molecular weight excluding hydrogens is 396 g/mol. The van der Waals surface area contributed by atoms with Crippen LogP contribution in [0, 0.1) is 5.92 Å². The third kappa shape index (κ3) is 5.16. The van der Waals surface area contributed by atoms with Crippen LogP contribution in [0.4, 0.5) is 5.82 Å². The van der Waals surface area contributed by atoms with E-state index in [2.05, 4.69) is 33.2 Å². The summed E-state index contributed by atoms with van der Waals surface area (Å²) in [6.07, 6.45) is 6.47. The highest BCUT2D eigenvalue weighted by Crippen LogP contribution is 2.30. The predicted molar refractivity (Wildman–Crippen MR) is 120 cm³/mol. The first-order valence-electron chi connectivity index (χ1n) is 10.3. The lowest BCUT2D eigenvalue weighted by Crippen LogP contribution is -2.33. The van der Waals surface area contributed by atoms with Gasteiger partial charge in [0, 0.05) is 42.5 Å². The van der Waals surface area contributed by atoms with Gasteiger partial charge in [0.2, 0.25) is 0 Å². The maximum absolute atomic E-state index is 12.4. The van der Waals surface area contributed by atoms with E-state index in [4.69, 9.17) is 4.74 Å². The molecule has 3 aromatic rings. The molecule has 1 amide bonds. The summed E-state index contributed by atoms with van der Waals surface area (Å²) in [5, 5.41) is 5.01. The van der Waals surface area contributed by atoms with Crippen LogP contribution in [0.25, 0.3) is 0 Å². The molecule has 1 saturated heterocycles. The van der Waals surface area contributed by atoms with Gasteiger partial charge in [-0.3, -0.25) is 4.79 Å². The Morgan fingerprint density at radius 2 is 1.93 bits per heavy atom. The van der Waals surface area contributed by atoms with E-state index < -0.39 is 0 Å². The fourth-order valence-corrected chi connectivity index (χ4v) is 4.18. The zero-order valence-corrected chi connectivity index (χ0v) is 17.9. The van der Waals surface area contributed by atoms with Crippen molar-refractivity contribution in [1.82, 2.24) is 15.3 Å². The first kappa shape index (κ1) is 20.3. The minimum atomic E-state index is -0.0827. The number of carbonyl (C=O) groups excluding carboxylic acids is 1. The van der Waals surface area contributed by atoms with E-state index in [0.717, 1.165) is 44.1 Å². The Hall–Kier alpha value is -2.93. The largest absolute Gasteiger partial charge is 0.436 e. The number of amides is 1. The van der Waals surface area contributed by atoms with Crippen LogP contribution in [0.2, 0.25) is 0 Å². The molecule has 0 bridgehead atoms. The first-order chi connectivity index (χ1) is 14.7. The van der Waals surface area contributed by atoms with Gasteiger partial charge in [0.15, 0.2) is 5.82 Å². The van der Waals surface area contributed by atoms with Gasteiger partial charge in [-0.25, -0.2) is 9.97 Å². The number of hydrogen-bond acceptors (Lipinski definition) is 6.